The van der Waals surface area contributed by atoms with Crippen molar-refractivity contribution >= 4 is 21.6 Å². The number of nitrogens with one attached hydrogen (secondary N) is 1. The van der Waals surface area contributed by atoms with E-state index in [4.69, 9.17) is 11.6 Å². The van der Waals surface area contributed by atoms with Crippen molar-refractivity contribution in [1.29, 1.82) is 0 Å². The normalized spacial score (nSPS) is 14.2. The Kier molecular flexibility index (Phi) is 3.46. The van der Waals surface area contributed by atoms with Gasteiger partial charge in [0, 0.05) is 7.05 Å². The van der Waals surface area contributed by atoms with E-state index in [2.05, 4.69) is 14.9 Å². The van der Waals surface area contributed by atoms with Gasteiger partial charge in [-0.05, 0) is 6.92 Å². The van der Waals surface area contributed by atoms with Crippen LogP contribution in [-0.4, -0.2) is 28.4 Å². The standard InChI is InChI=1S/C6H11ClN4O2S/c1-5(10-14(12,13)3-7)6-9-8-4-11(6)2/h4-5,10H,3H2,1-2H3. The van der Waals surface area contributed by atoms with Gasteiger partial charge in [0.2, 0.25) is 10.0 Å². The van der Waals surface area contributed by atoms with Gasteiger partial charge in [-0.15, -0.1) is 21.8 Å². The molecule has 0 aliphatic heterocycles. The third-order valence-corrected chi connectivity index (χ3v) is 3.50. The first-order valence-corrected chi connectivity index (χ1v) is 6.05. The summed E-state index contributed by atoms with van der Waals surface area (Å²) in [6, 6.07) is -0.439. The van der Waals surface area contributed by atoms with Crippen LogP contribution in [-0.2, 0) is 17.1 Å². The molecule has 0 bridgehead atoms. The summed E-state index contributed by atoms with van der Waals surface area (Å²) in [5, 5.41) is 6.96. The Morgan fingerprint density at radius 2 is 2.36 bits per heavy atom. The van der Waals surface area contributed by atoms with E-state index in [0.29, 0.717) is 5.82 Å². The van der Waals surface area contributed by atoms with Crippen LogP contribution in [0.25, 0.3) is 0 Å². The lowest BCUT2D eigenvalue weighted by Gasteiger charge is -2.11. The Labute approximate surface area is 87.3 Å². The summed E-state index contributed by atoms with van der Waals surface area (Å²) in [6.45, 7) is 1.67. The minimum absolute atomic E-state index is 0.439. The molecular formula is C6H11ClN4O2S. The fourth-order valence-corrected chi connectivity index (χ4v) is 1.93. The van der Waals surface area contributed by atoms with E-state index in [0.717, 1.165) is 0 Å². The number of rotatable bonds is 4. The van der Waals surface area contributed by atoms with Crippen LogP contribution in [0.1, 0.15) is 18.8 Å². The monoisotopic (exact) mass is 238 g/mol. The molecule has 1 aromatic heterocycles. The Bertz CT molecular complexity index is 402. The van der Waals surface area contributed by atoms with Gasteiger partial charge < -0.3 is 4.57 Å². The molecule has 0 aliphatic rings. The third-order valence-electron chi connectivity index (χ3n) is 1.63. The maximum Gasteiger partial charge on any atom is 0.226 e. The number of hydrogen-bond acceptors (Lipinski definition) is 4. The highest BCUT2D eigenvalue weighted by Crippen LogP contribution is 2.08. The molecule has 1 N–H and O–H groups in total. The van der Waals surface area contributed by atoms with E-state index in [1.165, 1.54) is 6.33 Å². The number of aryl methyl sites for hydroxylation is 1. The van der Waals surface area contributed by atoms with Crippen molar-refractivity contribution in [3.8, 4) is 0 Å². The van der Waals surface area contributed by atoms with Crippen molar-refractivity contribution in [2.75, 3.05) is 5.21 Å². The van der Waals surface area contributed by atoms with Gasteiger partial charge in [-0.2, -0.15) is 0 Å². The SMILES string of the molecule is CC(NS(=O)(=O)CCl)c1nncn1C. The molecule has 1 unspecified atom stereocenters. The molecule has 0 saturated carbocycles. The minimum atomic E-state index is -3.43. The molecule has 1 aromatic rings. The molecular weight excluding hydrogens is 228 g/mol. The van der Waals surface area contributed by atoms with Gasteiger partial charge >= 0.3 is 0 Å². The zero-order valence-electron chi connectivity index (χ0n) is 7.81. The lowest BCUT2D eigenvalue weighted by molar-refractivity contribution is 0.557. The second kappa shape index (κ2) is 4.24. The summed E-state index contributed by atoms with van der Waals surface area (Å²) in [4.78, 5) is 0. The summed E-state index contributed by atoms with van der Waals surface area (Å²) < 4.78 is 26.2. The predicted octanol–water partition coefficient (Wildman–Crippen LogP) is -0.00820. The highest BCUT2D eigenvalue weighted by atomic mass is 35.5. The molecule has 0 saturated heterocycles. The lowest BCUT2D eigenvalue weighted by Crippen LogP contribution is -2.29. The Balaban J connectivity index is 2.78. The van der Waals surface area contributed by atoms with Gasteiger partial charge in [-0.1, -0.05) is 0 Å². The van der Waals surface area contributed by atoms with Crippen LogP contribution in [0.4, 0.5) is 0 Å². The van der Waals surface area contributed by atoms with E-state index in [9.17, 15) is 8.42 Å². The summed E-state index contributed by atoms with van der Waals surface area (Å²) in [6.07, 6.45) is 1.50. The van der Waals surface area contributed by atoms with Crippen LogP contribution in [0.15, 0.2) is 6.33 Å². The molecule has 1 heterocycles. The van der Waals surface area contributed by atoms with Crippen molar-refractivity contribution < 1.29 is 8.42 Å². The molecule has 6 nitrogen and oxygen atoms in total. The van der Waals surface area contributed by atoms with Crippen molar-refractivity contribution in [1.82, 2.24) is 19.5 Å². The minimum Gasteiger partial charge on any atom is -0.319 e. The van der Waals surface area contributed by atoms with Gasteiger partial charge in [-0.3, -0.25) is 0 Å². The van der Waals surface area contributed by atoms with Crippen molar-refractivity contribution in [3.63, 3.8) is 0 Å². The van der Waals surface area contributed by atoms with E-state index >= 15 is 0 Å². The first-order chi connectivity index (χ1) is 6.46. The topological polar surface area (TPSA) is 76.9 Å². The summed E-state index contributed by atoms with van der Waals surface area (Å²) in [5.41, 5.74) is 0. The second-order valence-corrected chi connectivity index (χ2v) is 5.20. The highest BCUT2D eigenvalue weighted by molar-refractivity contribution is 7.90. The quantitative estimate of drug-likeness (QED) is 0.749. The average Bonchev–Trinajstić information content (AvgIpc) is 2.51. The van der Waals surface area contributed by atoms with E-state index in [1.54, 1.807) is 18.5 Å². The molecule has 1 rings (SSSR count). The first-order valence-electron chi connectivity index (χ1n) is 3.86. The number of nitrogens with zero attached hydrogens (tertiary/aromatic N) is 3. The first kappa shape index (κ1) is 11.4. The van der Waals surface area contributed by atoms with Crippen LogP contribution in [0.5, 0.6) is 0 Å². The smallest absolute Gasteiger partial charge is 0.226 e. The van der Waals surface area contributed by atoms with Gasteiger partial charge in [0.1, 0.15) is 17.4 Å². The molecule has 0 fully saturated rings. The Hall–Kier alpha value is -0.660. The van der Waals surface area contributed by atoms with Crippen LogP contribution >= 0.6 is 11.6 Å². The molecule has 1 atom stereocenters. The maximum atomic E-state index is 11.1. The summed E-state index contributed by atoms with van der Waals surface area (Å²) >= 11 is 5.25. The number of hydrogen-bond donors (Lipinski definition) is 1. The van der Waals surface area contributed by atoms with Crippen LogP contribution < -0.4 is 4.72 Å². The van der Waals surface area contributed by atoms with Gasteiger partial charge in [0.15, 0.2) is 0 Å². The molecule has 0 radical (unpaired) electrons. The maximum absolute atomic E-state index is 11.1. The zero-order chi connectivity index (χ0) is 10.8. The number of sulfonamides is 1. The summed E-state index contributed by atoms with van der Waals surface area (Å²) in [7, 11) is -1.69. The fraction of sp³-hybridized carbons (Fsp3) is 0.667. The highest BCUT2D eigenvalue weighted by Gasteiger charge is 2.17. The Morgan fingerprint density at radius 1 is 1.71 bits per heavy atom. The van der Waals surface area contributed by atoms with Gasteiger partial charge in [0.25, 0.3) is 0 Å². The number of halogens is 1. The molecule has 14 heavy (non-hydrogen) atoms. The van der Waals surface area contributed by atoms with E-state index in [1.807, 2.05) is 0 Å². The molecule has 0 aromatic carbocycles. The van der Waals surface area contributed by atoms with E-state index in [-0.39, 0.29) is 0 Å². The van der Waals surface area contributed by atoms with Crippen molar-refractivity contribution in [2.24, 2.45) is 7.05 Å². The number of aromatic nitrogens is 3. The predicted molar refractivity (Wildman–Crippen MR) is 52.2 cm³/mol. The molecule has 80 valence electrons. The molecule has 0 spiro atoms. The summed E-state index contributed by atoms with van der Waals surface area (Å²) in [5.74, 6) is 0.540. The molecule has 0 amide bonds. The Morgan fingerprint density at radius 3 is 2.79 bits per heavy atom. The van der Waals surface area contributed by atoms with Gasteiger partial charge in [0.05, 0.1) is 6.04 Å². The average molecular weight is 239 g/mol. The van der Waals surface area contributed by atoms with Crippen molar-refractivity contribution in [2.45, 2.75) is 13.0 Å². The third kappa shape index (κ3) is 2.66. The lowest BCUT2D eigenvalue weighted by atomic mass is 10.3. The van der Waals surface area contributed by atoms with Crippen LogP contribution in [0.2, 0.25) is 0 Å². The van der Waals surface area contributed by atoms with E-state index < -0.39 is 21.3 Å². The van der Waals surface area contributed by atoms with Crippen LogP contribution in [0.3, 0.4) is 0 Å². The zero-order valence-corrected chi connectivity index (χ0v) is 9.38. The second-order valence-electron chi connectivity index (χ2n) is 2.86. The van der Waals surface area contributed by atoms with Crippen molar-refractivity contribution in [3.05, 3.63) is 12.2 Å². The molecule has 8 heteroatoms. The van der Waals surface area contributed by atoms with Crippen LogP contribution in [0, 0.1) is 0 Å². The molecule has 0 aliphatic carbocycles. The fourth-order valence-electron chi connectivity index (χ4n) is 1.04. The number of alkyl halides is 1. The van der Waals surface area contributed by atoms with Gasteiger partial charge in [-0.25, -0.2) is 13.1 Å². The largest absolute Gasteiger partial charge is 0.319 e.